The molecular formula is C24H23ClN2O5. The molecule has 0 saturated carbocycles. The quantitative estimate of drug-likeness (QED) is 0.757. The minimum atomic E-state index is -1.02. The molecule has 0 aliphatic carbocycles. The summed E-state index contributed by atoms with van der Waals surface area (Å²) in [4.78, 5) is 30.4. The van der Waals surface area contributed by atoms with Gasteiger partial charge in [0.25, 0.3) is 11.9 Å². The lowest BCUT2D eigenvalue weighted by Gasteiger charge is -2.39. The minimum Gasteiger partial charge on any atom is -0.481 e. The predicted molar refractivity (Wildman–Crippen MR) is 117 cm³/mol. The van der Waals surface area contributed by atoms with Crippen LogP contribution < -0.4 is 0 Å². The lowest BCUT2D eigenvalue weighted by Crippen LogP contribution is -2.45. The van der Waals surface area contributed by atoms with Gasteiger partial charge in [-0.25, -0.2) is 0 Å². The number of hydrogen-bond acceptors (Lipinski definition) is 5. The minimum absolute atomic E-state index is 0.0110. The van der Waals surface area contributed by atoms with E-state index in [0.29, 0.717) is 30.3 Å². The molecule has 1 spiro atoms. The number of carboxylic acids is 1. The first-order chi connectivity index (χ1) is 15.4. The third-order valence-corrected chi connectivity index (χ3v) is 6.85. The van der Waals surface area contributed by atoms with Gasteiger partial charge >= 0.3 is 5.97 Å². The maximum absolute atomic E-state index is 12.5. The first-order valence-corrected chi connectivity index (χ1v) is 11.1. The molecule has 7 nitrogen and oxygen atoms in total. The zero-order chi connectivity index (χ0) is 22.3. The van der Waals surface area contributed by atoms with Crippen molar-refractivity contribution in [3.63, 3.8) is 0 Å². The summed E-state index contributed by atoms with van der Waals surface area (Å²) in [5, 5.41) is 10.2. The van der Waals surface area contributed by atoms with E-state index in [1.54, 1.807) is 24.3 Å². The molecule has 1 N–H and O–H groups in total. The highest BCUT2D eigenvalue weighted by Crippen LogP contribution is 2.44. The van der Waals surface area contributed by atoms with Gasteiger partial charge in [0.1, 0.15) is 0 Å². The maximum Gasteiger partial charge on any atom is 0.311 e. The second-order valence-corrected chi connectivity index (χ2v) is 8.88. The van der Waals surface area contributed by atoms with Crippen LogP contribution >= 0.6 is 11.6 Å². The lowest BCUT2D eigenvalue weighted by atomic mass is 9.84. The molecule has 8 heteroatoms. The standard InChI is InChI=1S/C24H23ClN2O5/c25-17-7-5-15(6-8-17)18(22(29)30)13-20-21(28)26-23(32-20)27-11-9-24(10-12-27)19-4-2-1-3-16(19)14-31-24/h1-8,18,20H,9-14H2,(H,29,30). The number of rotatable bonds is 4. The van der Waals surface area contributed by atoms with E-state index < -0.39 is 23.9 Å². The summed E-state index contributed by atoms with van der Waals surface area (Å²) in [6.45, 7) is 1.91. The van der Waals surface area contributed by atoms with Crippen LogP contribution in [0.3, 0.4) is 0 Å². The van der Waals surface area contributed by atoms with E-state index in [1.165, 1.54) is 11.1 Å². The van der Waals surface area contributed by atoms with Crippen molar-refractivity contribution in [1.82, 2.24) is 4.90 Å². The van der Waals surface area contributed by atoms with Crippen LogP contribution in [-0.2, 0) is 31.3 Å². The largest absolute Gasteiger partial charge is 0.481 e. The molecule has 0 bridgehead atoms. The second-order valence-electron chi connectivity index (χ2n) is 8.44. The van der Waals surface area contributed by atoms with Gasteiger partial charge in [-0.15, -0.1) is 0 Å². The summed E-state index contributed by atoms with van der Waals surface area (Å²) in [5.41, 5.74) is 2.75. The molecule has 0 radical (unpaired) electrons. The molecule has 2 aromatic rings. The fourth-order valence-corrected chi connectivity index (χ4v) is 4.94. The number of amides is 1. The van der Waals surface area contributed by atoms with Crippen LogP contribution in [-0.4, -0.2) is 47.1 Å². The average Bonchev–Trinajstić information content (AvgIpc) is 3.34. The summed E-state index contributed by atoms with van der Waals surface area (Å²) in [5.74, 6) is -2.35. The Kier molecular flexibility index (Phi) is 5.39. The molecule has 1 saturated heterocycles. The van der Waals surface area contributed by atoms with E-state index in [-0.39, 0.29) is 18.0 Å². The van der Waals surface area contributed by atoms with Crippen LogP contribution in [0, 0.1) is 0 Å². The molecule has 3 aliphatic heterocycles. The number of piperidine rings is 1. The Labute approximate surface area is 190 Å². The van der Waals surface area contributed by atoms with E-state index in [9.17, 15) is 14.7 Å². The van der Waals surface area contributed by atoms with E-state index in [4.69, 9.17) is 21.1 Å². The van der Waals surface area contributed by atoms with Crippen molar-refractivity contribution in [2.24, 2.45) is 4.99 Å². The van der Waals surface area contributed by atoms with Gasteiger partial charge in [-0.05, 0) is 41.7 Å². The molecule has 2 atom stereocenters. The lowest BCUT2D eigenvalue weighted by molar-refractivity contribution is -0.139. The Morgan fingerprint density at radius 2 is 1.91 bits per heavy atom. The van der Waals surface area contributed by atoms with Crippen molar-refractivity contribution in [3.05, 3.63) is 70.2 Å². The number of benzene rings is 2. The van der Waals surface area contributed by atoms with E-state index >= 15 is 0 Å². The number of carboxylic acid groups (broad SMARTS) is 1. The van der Waals surface area contributed by atoms with Crippen molar-refractivity contribution in [3.8, 4) is 0 Å². The summed E-state index contributed by atoms with van der Waals surface area (Å²) in [6, 6.07) is 15.2. The number of hydrogen-bond donors (Lipinski definition) is 1. The molecule has 1 fully saturated rings. The van der Waals surface area contributed by atoms with Gasteiger partial charge in [0, 0.05) is 24.5 Å². The molecule has 5 rings (SSSR count). The smallest absolute Gasteiger partial charge is 0.311 e. The van der Waals surface area contributed by atoms with Crippen molar-refractivity contribution in [2.45, 2.75) is 43.5 Å². The third-order valence-electron chi connectivity index (χ3n) is 6.60. The molecule has 2 unspecified atom stereocenters. The van der Waals surface area contributed by atoms with Crippen molar-refractivity contribution < 1.29 is 24.2 Å². The Morgan fingerprint density at radius 3 is 2.62 bits per heavy atom. The Morgan fingerprint density at radius 1 is 1.19 bits per heavy atom. The van der Waals surface area contributed by atoms with Crippen LogP contribution in [0.25, 0.3) is 0 Å². The van der Waals surface area contributed by atoms with Gasteiger partial charge in [0.2, 0.25) is 0 Å². The first-order valence-electron chi connectivity index (χ1n) is 10.7. The first kappa shape index (κ1) is 21.0. The third kappa shape index (κ3) is 3.76. The van der Waals surface area contributed by atoms with Gasteiger partial charge in [-0.3, -0.25) is 9.59 Å². The number of carbonyl (C=O) groups excluding carboxylic acids is 1. The maximum atomic E-state index is 12.5. The van der Waals surface area contributed by atoms with E-state index in [0.717, 1.165) is 12.8 Å². The topological polar surface area (TPSA) is 88.4 Å². The average molecular weight is 455 g/mol. The SMILES string of the molecule is O=C1N=C(N2CCC3(CC2)OCc2ccccc23)OC1CC(C(=O)O)c1ccc(Cl)cc1. The monoisotopic (exact) mass is 454 g/mol. The molecule has 3 aliphatic rings. The number of likely N-dealkylation sites (tertiary alicyclic amines) is 1. The predicted octanol–water partition coefficient (Wildman–Crippen LogP) is 3.70. The number of halogens is 1. The molecular weight excluding hydrogens is 432 g/mol. The zero-order valence-corrected chi connectivity index (χ0v) is 18.1. The number of ether oxygens (including phenoxy) is 2. The van der Waals surface area contributed by atoms with Crippen LogP contribution in [0.4, 0.5) is 0 Å². The van der Waals surface area contributed by atoms with Crippen LogP contribution in [0.1, 0.15) is 41.9 Å². The van der Waals surface area contributed by atoms with Crippen molar-refractivity contribution in [2.75, 3.05) is 13.1 Å². The molecule has 2 aromatic carbocycles. The number of amidine groups is 1. The summed E-state index contributed by atoms with van der Waals surface area (Å²) in [7, 11) is 0. The summed E-state index contributed by atoms with van der Waals surface area (Å²) in [6.07, 6.45) is 0.639. The van der Waals surface area contributed by atoms with Crippen LogP contribution in [0.5, 0.6) is 0 Å². The number of aliphatic imine (C=N–C) groups is 1. The molecule has 3 heterocycles. The normalized spacial score (nSPS) is 22.4. The van der Waals surface area contributed by atoms with Crippen molar-refractivity contribution in [1.29, 1.82) is 0 Å². The van der Waals surface area contributed by atoms with Gasteiger partial charge in [0.15, 0.2) is 6.10 Å². The highest BCUT2D eigenvalue weighted by atomic mass is 35.5. The molecule has 0 aromatic heterocycles. The fourth-order valence-electron chi connectivity index (χ4n) is 4.81. The Bertz CT molecular complexity index is 1080. The van der Waals surface area contributed by atoms with Crippen LogP contribution in [0.15, 0.2) is 53.5 Å². The van der Waals surface area contributed by atoms with Gasteiger partial charge < -0.3 is 19.5 Å². The van der Waals surface area contributed by atoms with Crippen molar-refractivity contribution >= 4 is 29.5 Å². The highest BCUT2D eigenvalue weighted by Gasteiger charge is 2.44. The number of aliphatic carboxylic acids is 1. The van der Waals surface area contributed by atoms with Gasteiger partial charge in [-0.2, -0.15) is 4.99 Å². The van der Waals surface area contributed by atoms with E-state index in [1.807, 2.05) is 17.0 Å². The Balaban J connectivity index is 1.24. The van der Waals surface area contributed by atoms with E-state index in [2.05, 4.69) is 17.1 Å². The summed E-state index contributed by atoms with van der Waals surface area (Å²) >= 11 is 5.91. The highest BCUT2D eigenvalue weighted by molar-refractivity contribution is 6.30. The molecule has 166 valence electrons. The number of fused-ring (bicyclic) bond motifs is 2. The molecule has 32 heavy (non-hydrogen) atoms. The fraction of sp³-hybridized carbons (Fsp3) is 0.375. The molecule has 1 amide bonds. The Hall–Kier alpha value is -2.90. The second kappa shape index (κ2) is 8.22. The summed E-state index contributed by atoms with van der Waals surface area (Å²) < 4.78 is 12.0. The van der Waals surface area contributed by atoms with Gasteiger partial charge in [0.05, 0.1) is 18.1 Å². The zero-order valence-electron chi connectivity index (χ0n) is 17.4. The van der Waals surface area contributed by atoms with Gasteiger partial charge in [-0.1, -0.05) is 48.0 Å². The van der Waals surface area contributed by atoms with Crippen LogP contribution in [0.2, 0.25) is 5.02 Å². The number of nitrogens with zero attached hydrogens (tertiary/aromatic N) is 2. The number of carbonyl (C=O) groups is 2.